The van der Waals surface area contributed by atoms with Gasteiger partial charge in [-0.1, -0.05) is 29.5 Å². The molecule has 2 heterocycles. The largest absolute Gasteiger partial charge is 0.491 e. The Balaban J connectivity index is 1.94. The molecule has 214 valence electrons. The molecule has 0 spiro atoms. The van der Waals surface area contributed by atoms with Crippen LogP contribution >= 0.6 is 27.3 Å². The van der Waals surface area contributed by atoms with Crippen molar-refractivity contribution in [3.05, 3.63) is 83.0 Å². The van der Waals surface area contributed by atoms with E-state index in [9.17, 15) is 9.59 Å². The van der Waals surface area contributed by atoms with Crippen molar-refractivity contribution in [1.82, 2.24) is 4.57 Å². The number of fused-ring (bicyclic) bond motifs is 1. The molecule has 3 aromatic rings. The van der Waals surface area contributed by atoms with Crippen LogP contribution in [0.4, 0.5) is 0 Å². The van der Waals surface area contributed by atoms with Gasteiger partial charge in [0.25, 0.3) is 5.56 Å². The van der Waals surface area contributed by atoms with Gasteiger partial charge in [0.2, 0.25) is 0 Å². The molecule has 0 saturated heterocycles. The Morgan fingerprint density at radius 3 is 2.63 bits per heavy atom. The van der Waals surface area contributed by atoms with Crippen molar-refractivity contribution in [3.63, 3.8) is 0 Å². The number of aromatic nitrogens is 1. The Bertz CT molecular complexity index is 1720. The third-order valence-corrected chi connectivity index (χ3v) is 7.58. The molecule has 0 fully saturated rings. The summed E-state index contributed by atoms with van der Waals surface area (Å²) in [5.74, 6) is 0.875. The lowest BCUT2D eigenvalue weighted by atomic mass is 9.95. The van der Waals surface area contributed by atoms with E-state index in [0.717, 1.165) is 0 Å². The normalized spacial score (nSPS) is 14.8. The molecule has 0 aliphatic carbocycles. The SMILES string of the molecule is CCOC(=O)C1=C(C)N=c2s/c(=C/c3cc(Br)c(OCC#N)c(OCC)c3)c(=O)n2[C@H]1c1ccccc1OC(C)C. The lowest BCUT2D eigenvalue weighted by Gasteiger charge is -2.26. The smallest absolute Gasteiger partial charge is 0.338 e. The second-order valence-electron chi connectivity index (χ2n) is 9.22. The van der Waals surface area contributed by atoms with Crippen molar-refractivity contribution in [3.8, 4) is 23.3 Å². The minimum atomic E-state index is -0.796. The van der Waals surface area contributed by atoms with Crippen LogP contribution in [0.25, 0.3) is 6.08 Å². The Morgan fingerprint density at radius 2 is 1.95 bits per heavy atom. The number of allylic oxidation sites excluding steroid dienone is 1. The lowest BCUT2D eigenvalue weighted by Crippen LogP contribution is -2.40. The minimum absolute atomic E-state index is 0.124. The van der Waals surface area contributed by atoms with E-state index in [1.165, 1.54) is 15.9 Å². The molecule has 9 nitrogen and oxygen atoms in total. The van der Waals surface area contributed by atoms with Crippen LogP contribution in [-0.2, 0) is 9.53 Å². The molecule has 1 aromatic heterocycles. The molecule has 2 aromatic carbocycles. The summed E-state index contributed by atoms with van der Waals surface area (Å²) in [6.45, 7) is 9.59. The molecular formula is C30H30BrN3O6S. The van der Waals surface area contributed by atoms with Crippen LogP contribution in [0, 0.1) is 11.3 Å². The minimum Gasteiger partial charge on any atom is -0.491 e. The van der Waals surface area contributed by atoms with E-state index in [2.05, 4.69) is 20.9 Å². The zero-order valence-electron chi connectivity index (χ0n) is 23.4. The second kappa shape index (κ2) is 13.2. The van der Waals surface area contributed by atoms with Crippen molar-refractivity contribution < 1.29 is 23.7 Å². The molecule has 11 heteroatoms. The van der Waals surface area contributed by atoms with Crippen LogP contribution < -0.4 is 29.1 Å². The number of hydrogen-bond donors (Lipinski definition) is 0. The number of nitriles is 1. The number of nitrogens with zero attached hydrogens (tertiary/aromatic N) is 3. The number of rotatable bonds is 10. The third-order valence-electron chi connectivity index (χ3n) is 6.00. The highest BCUT2D eigenvalue weighted by Gasteiger charge is 2.35. The fourth-order valence-corrected chi connectivity index (χ4v) is 6.10. The summed E-state index contributed by atoms with van der Waals surface area (Å²) in [7, 11) is 0. The van der Waals surface area contributed by atoms with Gasteiger partial charge in [-0.2, -0.15) is 5.26 Å². The highest BCUT2D eigenvalue weighted by Crippen LogP contribution is 2.38. The van der Waals surface area contributed by atoms with Crippen LogP contribution in [0.3, 0.4) is 0 Å². The van der Waals surface area contributed by atoms with Gasteiger partial charge in [0.1, 0.15) is 17.9 Å². The zero-order valence-corrected chi connectivity index (χ0v) is 25.8. The maximum absolute atomic E-state index is 14.0. The number of esters is 1. The van der Waals surface area contributed by atoms with E-state index < -0.39 is 12.0 Å². The Labute approximate surface area is 250 Å². The van der Waals surface area contributed by atoms with E-state index in [1.807, 2.05) is 51.1 Å². The van der Waals surface area contributed by atoms with Crippen molar-refractivity contribution in [1.29, 1.82) is 5.26 Å². The fourth-order valence-electron chi connectivity index (χ4n) is 4.48. The highest BCUT2D eigenvalue weighted by atomic mass is 79.9. The molecule has 4 rings (SSSR count). The summed E-state index contributed by atoms with van der Waals surface area (Å²) in [6, 6.07) is 12.1. The van der Waals surface area contributed by atoms with E-state index >= 15 is 0 Å². The van der Waals surface area contributed by atoms with Gasteiger partial charge < -0.3 is 18.9 Å². The molecule has 1 aliphatic rings. The van der Waals surface area contributed by atoms with Gasteiger partial charge in [-0.3, -0.25) is 9.36 Å². The van der Waals surface area contributed by atoms with Crippen LogP contribution in [0.15, 0.2) is 61.9 Å². The molecule has 1 atom stereocenters. The predicted octanol–water partition coefficient (Wildman–Crippen LogP) is 4.65. The van der Waals surface area contributed by atoms with Gasteiger partial charge in [-0.25, -0.2) is 9.79 Å². The van der Waals surface area contributed by atoms with Gasteiger partial charge in [-0.15, -0.1) is 0 Å². The predicted molar refractivity (Wildman–Crippen MR) is 159 cm³/mol. The quantitative estimate of drug-likeness (QED) is 0.297. The third kappa shape index (κ3) is 6.39. The van der Waals surface area contributed by atoms with Gasteiger partial charge >= 0.3 is 5.97 Å². The highest BCUT2D eigenvalue weighted by molar-refractivity contribution is 9.10. The number of halogens is 1. The average Bonchev–Trinajstić information content (AvgIpc) is 3.22. The summed E-state index contributed by atoms with van der Waals surface area (Å²) in [4.78, 5) is 32.4. The first-order valence-corrected chi connectivity index (χ1v) is 14.7. The topological polar surface area (TPSA) is 112 Å². The molecule has 0 unspecified atom stereocenters. The molecule has 0 amide bonds. The fraction of sp³-hybridized carbons (Fsp3) is 0.333. The van der Waals surface area contributed by atoms with Gasteiger partial charge in [0.15, 0.2) is 22.9 Å². The van der Waals surface area contributed by atoms with Crippen molar-refractivity contribution in [2.75, 3.05) is 19.8 Å². The standard InChI is InChI=1S/C30H30BrN3O6S/c1-6-37-23-15-19(14-21(31)27(23)39-13-12-32)16-24-28(35)34-26(20-10-8-9-11-22(20)40-17(3)4)25(29(36)38-7-2)18(5)33-30(34)41-24/h8-11,14-17,26H,6-7,13H2,1-5H3/b24-16+/t26-/m0/s1. The van der Waals surface area contributed by atoms with Gasteiger partial charge in [0.05, 0.1) is 39.6 Å². The van der Waals surface area contributed by atoms with Gasteiger partial charge in [-0.05, 0) is 80.4 Å². The van der Waals surface area contributed by atoms with E-state index in [-0.39, 0.29) is 30.5 Å². The molecule has 0 bridgehead atoms. The second-order valence-corrected chi connectivity index (χ2v) is 11.1. The van der Waals surface area contributed by atoms with E-state index in [4.69, 9.17) is 24.2 Å². The Hall–Kier alpha value is -3.88. The Kier molecular flexibility index (Phi) is 9.68. The first-order valence-electron chi connectivity index (χ1n) is 13.1. The number of carbonyl (C=O) groups is 1. The van der Waals surface area contributed by atoms with Crippen LogP contribution in [0.1, 0.15) is 51.8 Å². The number of para-hydroxylation sites is 1. The van der Waals surface area contributed by atoms with Crippen molar-refractivity contribution >= 4 is 39.3 Å². The maximum Gasteiger partial charge on any atom is 0.338 e. The first-order chi connectivity index (χ1) is 19.7. The van der Waals surface area contributed by atoms with Crippen molar-refractivity contribution in [2.45, 2.75) is 46.8 Å². The molecule has 41 heavy (non-hydrogen) atoms. The first kappa shape index (κ1) is 30.1. The maximum atomic E-state index is 14.0. The van der Waals surface area contributed by atoms with Crippen molar-refractivity contribution in [2.24, 2.45) is 4.99 Å². The number of thiazole rings is 1. The Morgan fingerprint density at radius 1 is 1.20 bits per heavy atom. The van der Waals surface area contributed by atoms with Crippen LogP contribution in [0.2, 0.25) is 0 Å². The summed E-state index contributed by atoms with van der Waals surface area (Å²) >= 11 is 4.72. The molecule has 1 aliphatic heterocycles. The van der Waals surface area contributed by atoms with Crippen LogP contribution in [0.5, 0.6) is 17.2 Å². The number of ether oxygens (including phenoxy) is 4. The zero-order chi connectivity index (χ0) is 29.7. The van der Waals surface area contributed by atoms with Crippen LogP contribution in [-0.4, -0.2) is 36.5 Å². The molecule has 0 radical (unpaired) electrons. The van der Waals surface area contributed by atoms with E-state index in [0.29, 0.717) is 54.5 Å². The number of benzene rings is 2. The molecule has 0 saturated carbocycles. The number of carbonyl (C=O) groups excluding carboxylic acids is 1. The number of hydrogen-bond acceptors (Lipinski definition) is 9. The summed E-state index contributed by atoms with van der Waals surface area (Å²) < 4.78 is 25.3. The lowest BCUT2D eigenvalue weighted by molar-refractivity contribution is -0.139. The summed E-state index contributed by atoms with van der Waals surface area (Å²) in [6.07, 6.45) is 1.61. The molecular weight excluding hydrogens is 610 g/mol. The summed E-state index contributed by atoms with van der Waals surface area (Å²) in [5.41, 5.74) is 1.78. The monoisotopic (exact) mass is 639 g/mol. The molecule has 0 N–H and O–H groups in total. The van der Waals surface area contributed by atoms with Gasteiger partial charge in [0, 0.05) is 5.56 Å². The average molecular weight is 641 g/mol. The van der Waals surface area contributed by atoms with E-state index in [1.54, 1.807) is 32.1 Å². The summed E-state index contributed by atoms with van der Waals surface area (Å²) in [5, 5.41) is 8.94.